The van der Waals surface area contributed by atoms with Gasteiger partial charge < -0.3 is 15.4 Å². The number of alkyl halides is 3. The molecule has 0 radical (unpaired) electrons. The van der Waals surface area contributed by atoms with Gasteiger partial charge >= 0.3 is 6.18 Å². The number of halogens is 3. The highest BCUT2D eigenvalue weighted by Gasteiger charge is 2.46. The minimum atomic E-state index is -4.52. The molecule has 28 heavy (non-hydrogen) atoms. The van der Waals surface area contributed by atoms with Gasteiger partial charge in [0.1, 0.15) is 0 Å². The number of anilines is 2. The van der Waals surface area contributed by atoms with E-state index in [-0.39, 0.29) is 21.7 Å². The first-order chi connectivity index (χ1) is 13.3. The summed E-state index contributed by atoms with van der Waals surface area (Å²) >= 11 is 1.69. The minimum absolute atomic E-state index is 0.0248. The van der Waals surface area contributed by atoms with Crippen molar-refractivity contribution in [2.75, 3.05) is 43.2 Å². The highest BCUT2D eigenvalue weighted by atomic mass is 32.2. The lowest BCUT2D eigenvalue weighted by Gasteiger charge is -2.28. The number of benzene rings is 1. The van der Waals surface area contributed by atoms with Crippen LogP contribution in [0.15, 0.2) is 24.3 Å². The molecule has 2 aliphatic rings. The van der Waals surface area contributed by atoms with Gasteiger partial charge in [-0.3, -0.25) is 0 Å². The fourth-order valence-electron chi connectivity index (χ4n) is 3.41. The molecule has 2 N–H and O–H groups in total. The molecule has 2 aromatic rings. The Bertz CT molecular complexity index is 880. The minimum Gasteiger partial charge on any atom is -0.399 e. The molecule has 1 aromatic heterocycles. The van der Waals surface area contributed by atoms with Crippen LogP contribution in [0.3, 0.4) is 0 Å². The molecule has 2 heterocycles. The van der Waals surface area contributed by atoms with Crippen LogP contribution in [-0.4, -0.2) is 42.5 Å². The lowest BCUT2D eigenvalue weighted by atomic mass is 10.0. The first kappa shape index (κ1) is 19.3. The van der Waals surface area contributed by atoms with Crippen LogP contribution in [-0.2, 0) is 15.7 Å². The van der Waals surface area contributed by atoms with E-state index < -0.39 is 11.7 Å². The molecular weight excluding hydrogens is 389 g/mol. The monoisotopic (exact) mass is 410 g/mol. The molecule has 0 atom stereocenters. The molecule has 1 aliphatic carbocycles. The van der Waals surface area contributed by atoms with Crippen molar-refractivity contribution in [1.82, 2.24) is 9.97 Å². The van der Waals surface area contributed by atoms with Gasteiger partial charge in [0, 0.05) is 24.3 Å². The number of nitrogen functional groups attached to an aromatic ring is 1. The van der Waals surface area contributed by atoms with E-state index in [0.29, 0.717) is 32.3 Å². The van der Waals surface area contributed by atoms with E-state index in [1.807, 2.05) is 11.2 Å². The molecule has 9 heteroatoms. The Morgan fingerprint density at radius 3 is 2.46 bits per heavy atom. The number of ether oxygens (including phenoxy) is 1. The Labute approximate surface area is 165 Å². The summed E-state index contributed by atoms with van der Waals surface area (Å²) in [5.41, 5.74) is 6.00. The normalized spacial score (nSPS) is 18.9. The molecule has 1 aliphatic heterocycles. The number of morpholine rings is 1. The van der Waals surface area contributed by atoms with Gasteiger partial charge in [-0.1, -0.05) is 6.07 Å². The first-order valence-corrected chi connectivity index (χ1v) is 10.3. The van der Waals surface area contributed by atoms with Gasteiger partial charge in [-0.15, -0.1) is 0 Å². The van der Waals surface area contributed by atoms with Gasteiger partial charge in [0.15, 0.2) is 0 Å². The average molecular weight is 410 g/mol. The maximum absolute atomic E-state index is 13.7. The zero-order chi connectivity index (χ0) is 19.9. The number of aromatic nitrogens is 2. The van der Waals surface area contributed by atoms with Crippen LogP contribution in [0.2, 0.25) is 0 Å². The third-order valence-corrected chi connectivity index (χ3v) is 6.59. The van der Waals surface area contributed by atoms with Crippen molar-refractivity contribution in [1.29, 1.82) is 0 Å². The summed E-state index contributed by atoms with van der Waals surface area (Å²) in [6, 6.07) is 5.54. The van der Waals surface area contributed by atoms with E-state index in [9.17, 15) is 13.2 Å². The number of rotatable bonds is 4. The topological polar surface area (TPSA) is 64.3 Å². The van der Waals surface area contributed by atoms with Gasteiger partial charge in [-0.05, 0) is 37.3 Å². The van der Waals surface area contributed by atoms with E-state index in [4.69, 9.17) is 15.5 Å². The van der Waals surface area contributed by atoms with Crippen molar-refractivity contribution >= 4 is 23.4 Å². The molecule has 1 saturated carbocycles. The predicted molar refractivity (Wildman–Crippen MR) is 104 cm³/mol. The smallest absolute Gasteiger partial charge is 0.399 e. The third kappa shape index (κ3) is 3.65. The zero-order valence-electron chi connectivity index (χ0n) is 15.4. The van der Waals surface area contributed by atoms with Gasteiger partial charge in [0.05, 0.1) is 34.9 Å². The van der Waals surface area contributed by atoms with Crippen LogP contribution in [0.1, 0.15) is 24.1 Å². The number of nitrogens with two attached hydrogens (primary N) is 1. The highest BCUT2D eigenvalue weighted by molar-refractivity contribution is 7.99. The van der Waals surface area contributed by atoms with Crippen LogP contribution in [0, 0.1) is 0 Å². The van der Waals surface area contributed by atoms with Crippen molar-refractivity contribution in [2.45, 2.75) is 23.8 Å². The van der Waals surface area contributed by atoms with Gasteiger partial charge in [-0.2, -0.15) is 24.9 Å². The van der Waals surface area contributed by atoms with Gasteiger partial charge in [-0.25, -0.2) is 9.97 Å². The second-order valence-electron chi connectivity index (χ2n) is 7.04. The Hall–Kier alpha value is -2.00. The van der Waals surface area contributed by atoms with Gasteiger partial charge in [0.2, 0.25) is 5.95 Å². The van der Waals surface area contributed by atoms with Crippen LogP contribution in [0.4, 0.5) is 24.8 Å². The van der Waals surface area contributed by atoms with Crippen molar-refractivity contribution in [3.05, 3.63) is 35.5 Å². The van der Waals surface area contributed by atoms with Crippen LogP contribution >= 0.6 is 11.8 Å². The summed E-state index contributed by atoms with van der Waals surface area (Å²) in [5.74, 6) is 0.459. The summed E-state index contributed by atoms with van der Waals surface area (Å²) in [4.78, 5) is 11.2. The molecule has 5 nitrogen and oxygen atoms in total. The maximum Gasteiger partial charge on any atom is 0.417 e. The van der Waals surface area contributed by atoms with E-state index in [0.717, 1.165) is 24.6 Å². The number of thioether (sulfide) groups is 1. The van der Waals surface area contributed by atoms with E-state index in [2.05, 4.69) is 4.98 Å². The molecule has 1 aromatic carbocycles. The zero-order valence-corrected chi connectivity index (χ0v) is 16.2. The summed E-state index contributed by atoms with van der Waals surface area (Å²) < 4.78 is 46.2. The summed E-state index contributed by atoms with van der Waals surface area (Å²) in [5, 5.41) is 0. The maximum atomic E-state index is 13.7. The van der Waals surface area contributed by atoms with Crippen molar-refractivity contribution in [3.63, 3.8) is 0 Å². The molecule has 2 fully saturated rings. The Morgan fingerprint density at radius 1 is 1.14 bits per heavy atom. The van der Waals surface area contributed by atoms with E-state index >= 15 is 0 Å². The van der Waals surface area contributed by atoms with Crippen LogP contribution in [0.25, 0.3) is 11.3 Å². The molecular formula is C19H21F3N4OS. The number of hydrogen-bond acceptors (Lipinski definition) is 6. The lowest BCUT2D eigenvalue weighted by Crippen LogP contribution is -2.37. The predicted octanol–water partition coefficient (Wildman–Crippen LogP) is 3.93. The molecule has 0 amide bonds. The molecule has 1 saturated heterocycles. The van der Waals surface area contributed by atoms with Crippen molar-refractivity contribution in [2.24, 2.45) is 0 Å². The number of nitrogens with zero attached hydrogens (tertiary/aromatic N) is 3. The molecule has 150 valence electrons. The van der Waals surface area contributed by atoms with Crippen molar-refractivity contribution < 1.29 is 17.9 Å². The number of hydrogen-bond donors (Lipinski definition) is 1. The van der Waals surface area contributed by atoms with Crippen molar-refractivity contribution in [3.8, 4) is 11.3 Å². The van der Waals surface area contributed by atoms with Crippen LogP contribution in [0.5, 0.6) is 0 Å². The van der Waals surface area contributed by atoms with E-state index in [1.54, 1.807) is 17.8 Å². The second kappa shape index (κ2) is 7.11. The largest absolute Gasteiger partial charge is 0.417 e. The summed E-state index contributed by atoms with van der Waals surface area (Å²) in [6.45, 7) is 2.32. The highest BCUT2D eigenvalue weighted by Crippen LogP contribution is 2.56. The molecule has 0 spiro atoms. The fraction of sp³-hybridized carbons (Fsp3) is 0.474. The summed E-state index contributed by atoms with van der Waals surface area (Å²) in [6.07, 6.45) is -0.596. The fourth-order valence-corrected chi connectivity index (χ4v) is 4.23. The third-order valence-electron chi connectivity index (χ3n) is 5.19. The molecule has 0 unspecified atom stereocenters. The first-order valence-electron chi connectivity index (χ1n) is 9.07. The Kier molecular flexibility index (Phi) is 4.91. The quantitative estimate of drug-likeness (QED) is 0.771. The standard InChI is InChI=1S/C19H21F3N4OS/c1-28-18(4-5-18)16-11-15(24-17(25-16)26-6-8-27-9-7-26)13-3-2-12(23)10-14(13)19(20,21)22/h2-3,10-11H,4-9,23H2,1H3. The Balaban J connectivity index is 1.86. The molecule has 4 rings (SSSR count). The summed E-state index contributed by atoms with van der Waals surface area (Å²) in [7, 11) is 0. The Morgan fingerprint density at radius 2 is 1.86 bits per heavy atom. The van der Waals surface area contributed by atoms with Gasteiger partial charge in [0.25, 0.3) is 0 Å². The SMILES string of the molecule is CSC1(c2cc(-c3ccc(N)cc3C(F)(F)F)nc(N3CCOCC3)n2)CC1. The second-order valence-corrected chi connectivity index (χ2v) is 8.23. The van der Waals surface area contributed by atoms with E-state index in [1.165, 1.54) is 12.1 Å². The lowest BCUT2D eigenvalue weighted by molar-refractivity contribution is -0.137. The molecule has 0 bridgehead atoms. The van der Waals surface area contributed by atoms with Crippen LogP contribution < -0.4 is 10.6 Å². The average Bonchev–Trinajstić information content (AvgIpc) is 3.49.